The molecule has 82 valence electrons. The number of halogens is 2. The molecule has 16 heavy (non-hydrogen) atoms. The molecular weight excluding hydrogens is 210 g/mol. The zero-order valence-corrected chi connectivity index (χ0v) is 8.40. The van der Waals surface area contributed by atoms with Gasteiger partial charge in [0, 0.05) is 5.56 Å². The lowest BCUT2D eigenvalue weighted by Gasteiger charge is -2.11. The lowest BCUT2D eigenvalue weighted by atomic mass is 10.0. The molecule has 2 aromatic carbocycles. The van der Waals surface area contributed by atoms with Crippen LogP contribution in [-0.4, -0.2) is 5.11 Å². The molecular formula is C13H10F2O. The smallest absolute Gasteiger partial charge is 0.129 e. The van der Waals surface area contributed by atoms with E-state index in [0.717, 1.165) is 0 Å². The maximum atomic E-state index is 13.4. The quantitative estimate of drug-likeness (QED) is 0.824. The summed E-state index contributed by atoms with van der Waals surface area (Å²) in [4.78, 5) is 0. The van der Waals surface area contributed by atoms with Gasteiger partial charge in [-0.3, -0.25) is 0 Å². The minimum absolute atomic E-state index is 0.189. The molecule has 1 atom stereocenters. The third kappa shape index (κ3) is 2.09. The van der Waals surface area contributed by atoms with E-state index in [-0.39, 0.29) is 11.4 Å². The predicted molar refractivity (Wildman–Crippen MR) is 56.9 cm³/mol. The molecule has 0 spiro atoms. The molecule has 2 rings (SSSR count). The molecule has 0 bridgehead atoms. The van der Waals surface area contributed by atoms with Crippen LogP contribution in [0, 0.1) is 11.6 Å². The Morgan fingerprint density at radius 3 is 2.12 bits per heavy atom. The summed E-state index contributed by atoms with van der Waals surface area (Å²) < 4.78 is 26.0. The van der Waals surface area contributed by atoms with Crippen LogP contribution in [0.15, 0.2) is 48.5 Å². The predicted octanol–water partition coefficient (Wildman–Crippen LogP) is 3.05. The van der Waals surface area contributed by atoms with Gasteiger partial charge in [-0.1, -0.05) is 30.3 Å². The van der Waals surface area contributed by atoms with Gasteiger partial charge in [-0.25, -0.2) is 8.78 Å². The Kier molecular flexibility index (Phi) is 2.97. The van der Waals surface area contributed by atoms with E-state index in [0.29, 0.717) is 5.56 Å². The highest BCUT2D eigenvalue weighted by molar-refractivity contribution is 5.30. The molecule has 0 saturated carbocycles. The largest absolute Gasteiger partial charge is 0.384 e. The van der Waals surface area contributed by atoms with Crippen molar-refractivity contribution in [3.05, 3.63) is 71.3 Å². The molecule has 0 amide bonds. The average Bonchev–Trinajstić information content (AvgIpc) is 2.30. The van der Waals surface area contributed by atoms with Crippen molar-refractivity contribution >= 4 is 0 Å². The highest BCUT2D eigenvalue weighted by atomic mass is 19.1. The molecule has 1 N–H and O–H groups in total. The second kappa shape index (κ2) is 4.41. The molecule has 0 aliphatic rings. The molecule has 2 aromatic rings. The molecule has 0 unspecified atom stereocenters. The molecule has 0 aliphatic carbocycles. The van der Waals surface area contributed by atoms with Crippen LogP contribution in [0.25, 0.3) is 0 Å². The van der Waals surface area contributed by atoms with E-state index in [1.807, 2.05) is 0 Å². The van der Waals surface area contributed by atoms with Crippen LogP contribution >= 0.6 is 0 Å². The van der Waals surface area contributed by atoms with Crippen molar-refractivity contribution in [3.8, 4) is 0 Å². The van der Waals surface area contributed by atoms with Crippen molar-refractivity contribution < 1.29 is 13.9 Å². The topological polar surface area (TPSA) is 20.2 Å². The minimum atomic E-state index is -1.07. The van der Waals surface area contributed by atoms with Gasteiger partial charge in [0.05, 0.1) is 0 Å². The Bertz CT molecular complexity index is 480. The zero-order valence-electron chi connectivity index (χ0n) is 8.40. The second-order valence-corrected chi connectivity index (χ2v) is 3.48. The van der Waals surface area contributed by atoms with E-state index in [4.69, 9.17) is 0 Å². The van der Waals surface area contributed by atoms with Crippen LogP contribution < -0.4 is 0 Å². The third-order valence-corrected chi connectivity index (χ3v) is 2.39. The maximum absolute atomic E-state index is 13.4. The summed E-state index contributed by atoms with van der Waals surface area (Å²) in [5.41, 5.74) is 0.653. The summed E-state index contributed by atoms with van der Waals surface area (Å²) in [5, 5.41) is 9.90. The van der Waals surface area contributed by atoms with Crippen LogP contribution in [0.4, 0.5) is 8.78 Å². The number of rotatable bonds is 2. The van der Waals surface area contributed by atoms with E-state index in [2.05, 4.69) is 0 Å². The summed E-state index contributed by atoms with van der Waals surface area (Å²) in [6.45, 7) is 0. The fourth-order valence-electron chi connectivity index (χ4n) is 1.52. The number of aliphatic hydroxyl groups excluding tert-OH is 1. The van der Waals surface area contributed by atoms with Crippen molar-refractivity contribution in [2.45, 2.75) is 6.10 Å². The molecule has 0 heterocycles. The molecule has 0 fully saturated rings. The van der Waals surface area contributed by atoms with E-state index in [1.165, 1.54) is 36.4 Å². The Balaban J connectivity index is 2.35. The Morgan fingerprint density at radius 2 is 1.50 bits per heavy atom. The van der Waals surface area contributed by atoms with Gasteiger partial charge in [0.1, 0.15) is 17.7 Å². The molecule has 0 radical (unpaired) electrons. The van der Waals surface area contributed by atoms with E-state index in [9.17, 15) is 13.9 Å². The average molecular weight is 220 g/mol. The van der Waals surface area contributed by atoms with Gasteiger partial charge in [0.2, 0.25) is 0 Å². The number of aliphatic hydroxyl groups is 1. The first kappa shape index (κ1) is 10.8. The first-order valence-electron chi connectivity index (χ1n) is 4.86. The second-order valence-electron chi connectivity index (χ2n) is 3.48. The van der Waals surface area contributed by atoms with Gasteiger partial charge in [-0.05, 0) is 23.8 Å². The Labute approximate surface area is 92.0 Å². The van der Waals surface area contributed by atoms with Gasteiger partial charge in [0.15, 0.2) is 0 Å². The van der Waals surface area contributed by atoms with Crippen LogP contribution in [0.3, 0.4) is 0 Å². The Hall–Kier alpha value is -1.74. The summed E-state index contributed by atoms with van der Waals surface area (Å²) >= 11 is 0. The van der Waals surface area contributed by atoms with Gasteiger partial charge in [-0.15, -0.1) is 0 Å². The normalized spacial score (nSPS) is 12.4. The zero-order chi connectivity index (χ0) is 11.5. The molecule has 0 aromatic heterocycles. The molecule has 1 nitrogen and oxygen atoms in total. The standard InChI is InChI=1S/C13H10F2O/c14-10-7-5-9(6-8-10)13(16)11-3-1-2-4-12(11)15/h1-8,13,16H/t13-/m0/s1. The van der Waals surface area contributed by atoms with Gasteiger partial charge >= 0.3 is 0 Å². The van der Waals surface area contributed by atoms with E-state index < -0.39 is 11.9 Å². The number of hydrogen-bond acceptors (Lipinski definition) is 1. The van der Waals surface area contributed by atoms with Crippen LogP contribution in [0.5, 0.6) is 0 Å². The Morgan fingerprint density at radius 1 is 0.875 bits per heavy atom. The van der Waals surface area contributed by atoms with Crippen molar-refractivity contribution in [3.63, 3.8) is 0 Å². The summed E-state index contributed by atoms with van der Waals surface area (Å²) in [5.74, 6) is -0.858. The fraction of sp³-hybridized carbons (Fsp3) is 0.0769. The fourth-order valence-corrected chi connectivity index (χ4v) is 1.52. The van der Waals surface area contributed by atoms with Crippen LogP contribution in [0.1, 0.15) is 17.2 Å². The highest BCUT2D eigenvalue weighted by Gasteiger charge is 2.13. The number of hydrogen-bond donors (Lipinski definition) is 1. The van der Waals surface area contributed by atoms with Crippen molar-refractivity contribution in [2.24, 2.45) is 0 Å². The van der Waals surface area contributed by atoms with Crippen molar-refractivity contribution in [1.29, 1.82) is 0 Å². The highest BCUT2D eigenvalue weighted by Crippen LogP contribution is 2.23. The minimum Gasteiger partial charge on any atom is -0.384 e. The van der Waals surface area contributed by atoms with Crippen LogP contribution in [-0.2, 0) is 0 Å². The third-order valence-electron chi connectivity index (χ3n) is 2.39. The van der Waals surface area contributed by atoms with Crippen molar-refractivity contribution in [1.82, 2.24) is 0 Å². The SMILES string of the molecule is O[C@@H](c1ccc(F)cc1)c1ccccc1F. The summed E-state index contributed by atoms with van der Waals surface area (Å²) in [7, 11) is 0. The van der Waals surface area contributed by atoms with Crippen molar-refractivity contribution in [2.75, 3.05) is 0 Å². The van der Waals surface area contributed by atoms with E-state index in [1.54, 1.807) is 12.1 Å². The lowest BCUT2D eigenvalue weighted by molar-refractivity contribution is 0.215. The van der Waals surface area contributed by atoms with Gasteiger partial charge < -0.3 is 5.11 Å². The maximum Gasteiger partial charge on any atom is 0.129 e. The van der Waals surface area contributed by atoms with Gasteiger partial charge in [0.25, 0.3) is 0 Å². The molecule has 0 saturated heterocycles. The monoisotopic (exact) mass is 220 g/mol. The molecule has 3 heteroatoms. The first-order chi connectivity index (χ1) is 7.68. The van der Waals surface area contributed by atoms with Gasteiger partial charge in [-0.2, -0.15) is 0 Å². The lowest BCUT2D eigenvalue weighted by Crippen LogP contribution is -2.02. The van der Waals surface area contributed by atoms with E-state index >= 15 is 0 Å². The summed E-state index contributed by atoms with van der Waals surface area (Å²) in [6, 6.07) is 11.3. The number of benzene rings is 2. The first-order valence-corrected chi connectivity index (χ1v) is 4.86. The van der Waals surface area contributed by atoms with Crippen LogP contribution in [0.2, 0.25) is 0 Å². The summed E-state index contributed by atoms with van der Waals surface area (Å²) in [6.07, 6.45) is -1.07. The molecule has 0 aliphatic heterocycles.